The summed E-state index contributed by atoms with van der Waals surface area (Å²) in [5.41, 5.74) is 2.80. The molecule has 34 heavy (non-hydrogen) atoms. The van der Waals surface area contributed by atoms with Crippen molar-refractivity contribution in [1.29, 1.82) is 0 Å². The number of aryl methyl sites for hydroxylation is 2. The van der Waals surface area contributed by atoms with E-state index in [0.717, 1.165) is 18.5 Å². The Morgan fingerprint density at radius 1 is 1.18 bits per heavy atom. The molecule has 1 aromatic carbocycles. The number of nitrogens with one attached hydrogen (secondary N) is 1. The van der Waals surface area contributed by atoms with E-state index < -0.39 is 0 Å². The van der Waals surface area contributed by atoms with E-state index in [1.165, 1.54) is 16.5 Å². The van der Waals surface area contributed by atoms with Crippen LogP contribution in [-0.2, 0) is 4.79 Å². The fourth-order valence-electron chi connectivity index (χ4n) is 3.69. The summed E-state index contributed by atoms with van der Waals surface area (Å²) >= 11 is 0. The van der Waals surface area contributed by atoms with Crippen LogP contribution in [0.4, 0.5) is 4.39 Å². The first-order chi connectivity index (χ1) is 16.4. The van der Waals surface area contributed by atoms with Crippen molar-refractivity contribution in [1.82, 2.24) is 24.5 Å². The van der Waals surface area contributed by atoms with Gasteiger partial charge in [-0.3, -0.25) is 14.0 Å². The molecular formula is C25H26FN5O3. The predicted molar refractivity (Wildman–Crippen MR) is 127 cm³/mol. The Labute approximate surface area is 196 Å². The maximum atomic E-state index is 13.4. The molecule has 0 saturated heterocycles. The van der Waals surface area contributed by atoms with Gasteiger partial charge in [-0.25, -0.2) is 14.1 Å². The monoisotopic (exact) mass is 463 g/mol. The molecule has 3 aromatic heterocycles. The molecule has 0 atom stereocenters. The Morgan fingerprint density at radius 3 is 2.68 bits per heavy atom. The maximum absolute atomic E-state index is 13.4. The molecule has 0 fully saturated rings. The lowest BCUT2D eigenvalue weighted by Gasteiger charge is -2.11. The summed E-state index contributed by atoms with van der Waals surface area (Å²) in [6, 6.07) is 11.1. The van der Waals surface area contributed by atoms with E-state index in [2.05, 4.69) is 15.4 Å². The van der Waals surface area contributed by atoms with E-state index >= 15 is 0 Å². The fourth-order valence-corrected chi connectivity index (χ4v) is 3.69. The molecule has 176 valence electrons. The number of halogens is 1. The smallest absolute Gasteiger partial charge is 0.267 e. The van der Waals surface area contributed by atoms with Gasteiger partial charge in [-0.1, -0.05) is 13.3 Å². The summed E-state index contributed by atoms with van der Waals surface area (Å²) in [5.74, 6) is -0.223. The molecule has 0 radical (unpaired) electrons. The molecule has 0 saturated carbocycles. The third kappa shape index (κ3) is 4.68. The van der Waals surface area contributed by atoms with Crippen LogP contribution in [-0.4, -0.2) is 38.2 Å². The van der Waals surface area contributed by atoms with Gasteiger partial charge in [0, 0.05) is 18.4 Å². The summed E-state index contributed by atoms with van der Waals surface area (Å²) < 4.78 is 22.0. The Kier molecular flexibility index (Phi) is 6.72. The zero-order chi connectivity index (χ0) is 24.2. The number of pyridine rings is 1. The molecule has 0 spiro atoms. The number of aromatic nitrogens is 4. The van der Waals surface area contributed by atoms with Crippen LogP contribution >= 0.6 is 0 Å². The van der Waals surface area contributed by atoms with E-state index in [1.54, 1.807) is 48.1 Å². The second-order valence-electron chi connectivity index (χ2n) is 7.99. The topological polar surface area (TPSA) is 90.5 Å². The van der Waals surface area contributed by atoms with Gasteiger partial charge in [0.25, 0.3) is 11.5 Å². The van der Waals surface area contributed by atoms with Gasteiger partial charge in [0.2, 0.25) is 0 Å². The highest BCUT2D eigenvalue weighted by Crippen LogP contribution is 2.24. The first-order valence-corrected chi connectivity index (χ1v) is 11.1. The number of ether oxygens (including phenoxy) is 1. The lowest BCUT2D eigenvalue weighted by atomic mass is 10.1. The molecule has 8 nitrogen and oxygen atoms in total. The lowest BCUT2D eigenvalue weighted by molar-refractivity contribution is -0.123. The van der Waals surface area contributed by atoms with Crippen LogP contribution in [0.3, 0.4) is 0 Å². The van der Waals surface area contributed by atoms with Crippen LogP contribution in [0.25, 0.3) is 22.6 Å². The van der Waals surface area contributed by atoms with E-state index in [-0.39, 0.29) is 23.9 Å². The molecule has 4 rings (SSSR count). The second kappa shape index (κ2) is 9.86. The molecule has 1 N–H and O–H groups in total. The number of hydrogen-bond acceptors (Lipinski definition) is 5. The van der Waals surface area contributed by atoms with Crippen molar-refractivity contribution in [2.24, 2.45) is 0 Å². The first kappa shape index (κ1) is 23.2. The summed E-state index contributed by atoms with van der Waals surface area (Å²) in [6.45, 7) is 6.07. The van der Waals surface area contributed by atoms with Crippen molar-refractivity contribution in [2.45, 2.75) is 33.6 Å². The van der Waals surface area contributed by atoms with E-state index in [9.17, 15) is 14.0 Å². The third-order valence-corrected chi connectivity index (χ3v) is 5.43. The van der Waals surface area contributed by atoms with Crippen molar-refractivity contribution >= 4 is 11.6 Å². The molecule has 0 bridgehead atoms. The average Bonchev–Trinajstić information content (AvgIpc) is 3.19. The average molecular weight is 464 g/mol. The van der Waals surface area contributed by atoms with Gasteiger partial charge >= 0.3 is 0 Å². The number of amides is 1. The number of rotatable bonds is 8. The van der Waals surface area contributed by atoms with Gasteiger partial charge in [0.05, 0.1) is 16.9 Å². The van der Waals surface area contributed by atoms with E-state index in [4.69, 9.17) is 4.74 Å². The van der Waals surface area contributed by atoms with Crippen LogP contribution in [0.2, 0.25) is 0 Å². The molecule has 4 aromatic rings. The Bertz CT molecular complexity index is 1390. The van der Waals surface area contributed by atoms with Crippen LogP contribution < -0.4 is 15.6 Å². The van der Waals surface area contributed by atoms with Crippen LogP contribution in [0.5, 0.6) is 5.75 Å². The number of hydrogen-bond donors (Lipinski definition) is 1. The molecule has 0 unspecified atom stereocenters. The number of fused-ring (bicyclic) bond motifs is 1. The van der Waals surface area contributed by atoms with E-state index in [1.807, 2.05) is 13.8 Å². The summed E-state index contributed by atoms with van der Waals surface area (Å²) in [6.07, 6.45) is 3.49. The van der Waals surface area contributed by atoms with Crippen molar-refractivity contribution in [3.63, 3.8) is 0 Å². The van der Waals surface area contributed by atoms with Crippen LogP contribution in [0.1, 0.15) is 31.2 Å². The number of carbonyl (C=O) groups is 1. The molecule has 3 heterocycles. The van der Waals surface area contributed by atoms with E-state index in [0.29, 0.717) is 40.6 Å². The summed E-state index contributed by atoms with van der Waals surface area (Å²) in [5, 5.41) is 7.38. The van der Waals surface area contributed by atoms with Crippen molar-refractivity contribution in [2.75, 3.05) is 13.2 Å². The highest BCUT2D eigenvalue weighted by atomic mass is 19.1. The zero-order valence-corrected chi connectivity index (χ0v) is 19.3. The minimum absolute atomic E-state index is 0.165. The van der Waals surface area contributed by atoms with Crippen molar-refractivity contribution < 1.29 is 13.9 Å². The minimum atomic E-state index is -0.335. The molecule has 0 aliphatic rings. The minimum Gasteiger partial charge on any atom is -0.480 e. The summed E-state index contributed by atoms with van der Waals surface area (Å²) in [7, 11) is 0. The number of benzene rings is 1. The molecule has 9 heteroatoms. The normalized spacial score (nSPS) is 11.1. The van der Waals surface area contributed by atoms with Crippen molar-refractivity contribution in [3.8, 4) is 22.7 Å². The quantitative estimate of drug-likeness (QED) is 0.403. The third-order valence-electron chi connectivity index (χ3n) is 5.43. The first-order valence-electron chi connectivity index (χ1n) is 11.1. The van der Waals surface area contributed by atoms with Gasteiger partial charge < -0.3 is 10.1 Å². The Balaban J connectivity index is 1.67. The Hall–Kier alpha value is -4.01. The SMILES string of the molecule is CCCCNC(=O)COc1cccn2c(=O)c(-c3cc(C)n(-c4ccc(F)cc4)n3)c(C)nc12. The molecule has 1 amide bonds. The van der Waals surface area contributed by atoms with Crippen LogP contribution in [0.15, 0.2) is 53.5 Å². The fraction of sp³-hybridized carbons (Fsp3) is 0.280. The van der Waals surface area contributed by atoms with Gasteiger partial charge in [0.15, 0.2) is 18.0 Å². The Morgan fingerprint density at radius 2 is 1.94 bits per heavy atom. The standard InChI is InChI=1S/C25H26FN5O3/c1-4-5-12-27-22(32)15-34-21-7-6-13-30-24(21)28-17(3)23(25(30)33)20-14-16(2)31(29-20)19-10-8-18(26)9-11-19/h6-11,13-14H,4-5,12,15H2,1-3H3,(H,27,32). The van der Waals surface area contributed by atoms with Gasteiger partial charge in [0.1, 0.15) is 11.5 Å². The second-order valence-corrected chi connectivity index (χ2v) is 7.99. The van der Waals surface area contributed by atoms with Gasteiger partial charge in [-0.05, 0) is 62.7 Å². The molecule has 0 aliphatic carbocycles. The summed E-state index contributed by atoms with van der Waals surface area (Å²) in [4.78, 5) is 30.0. The predicted octanol–water partition coefficient (Wildman–Crippen LogP) is 3.60. The van der Waals surface area contributed by atoms with Crippen molar-refractivity contribution in [3.05, 3.63) is 76.2 Å². The zero-order valence-electron chi connectivity index (χ0n) is 19.3. The molecule has 0 aliphatic heterocycles. The maximum Gasteiger partial charge on any atom is 0.267 e. The molecular weight excluding hydrogens is 437 g/mol. The number of carbonyl (C=O) groups excluding carboxylic acids is 1. The highest BCUT2D eigenvalue weighted by Gasteiger charge is 2.18. The number of unbranched alkanes of at least 4 members (excludes halogenated alkanes) is 1. The van der Waals surface area contributed by atoms with Gasteiger partial charge in [-0.2, -0.15) is 5.10 Å². The number of nitrogens with zero attached hydrogens (tertiary/aromatic N) is 4. The highest BCUT2D eigenvalue weighted by molar-refractivity contribution is 5.77. The van der Waals surface area contributed by atoms with Crippen LogP contribution in [0, 0.1) is 19.7 Å². The lowest BCUT2D eigenvalue weighted by Crippen LogP contribution is -2.30. The van der Waals surface area contributed by atoms with Gasteiger partial charge in [-0.15, -0.1) is 0 Å². The largest absolute Gasteiger partial charge is 0.480 e.